The summed E-state index contributed by atoms with van der Waals surface area (Å²) in [6, 6.07) is 10.6. The minimum absolute atomic E-state index is 0.0586. The van der Waals surface area contributed by atoms with E-state index < -0.39 is 0 Å². The summed E-state index contributed by atoms with van der Waals surface area (Å²) >= 11 is 0. The molecule has 1 aromatic carbocycles. The molecule has 0 saturated carbocycles. The molecule has 0 aromatic heterocycles. The lowest BCUT2D eigenvalue weighted by Gasteiger charge is -2.12. The molecule has 23 heavy (non-hydrogen) atoms. The average Bonchev–Trinajstić information content (AvgIpc) is 2.55. The fourth-order valence-electron chi connectivity index (χ4n) is 2.03. The Morgan fingerprint density at radius 3 is 2.57 bits per heavy atom. The van der Waals surface area contributed by atoms with Crippen LogP contribution in [0.5, 0.6) is 0 Å². The largest absolute Gasteiger partial charge is 0.357 e. The molecule has 0 bridgehead atoms. The van der Waals surface area contributed by atoms with E-state index in [1.807, 2.05) is 32.0 Å². The van der Waals surface area contributed by atoms with Crippen molar-refractivity contribution in [2.24, 2.45) is 4.99 Å². The van der Waals surface area contributed by atoms with Gasteiger partial charge in [0.2, 0.25) is 5.91 Å². The maximum atomic E-state index is 11.7. The van der Waals surface area contributed by atoms with Gasteiger partial charge in [-0.3, -0.25) is 9.79 Å². The molecule has 0 aliphatic rings. The number of nitrogens with one attached hydrogen (secondary N) is 3. The van der Waals surface area contributed by atoms with Crippen molar-refractivity contribution in [3.8, 4) is 0 Å². The fourth-order valence-corrected chi connectivity index (χ4v) is 2.03. The summed E-state index contributed by atoms with van der Waals surface area (Å²) in [5.74, 6) is 0.822. The van der Waals surface area contributed by atoms with E-state index in [-0.39, 0.29) is 11.9 Å². The first-order chi connectivity index (χ1) is 11.2. The van der Waals surface area contributed by atoms with E-state index in [0.717, 1.165) is 31.9 Å². The number of hydrogen-bond donors (Lipinski definition) is 3. The van der Waals surface area contributed by atoms with E-state index in [9.17, 15) is 4.79 Å². The molecular formula is C18H30N4O. The number of hydrogen-bond acceptors (Lipinski definition) is 2. The van der Waals surface area contributed by atoms with Gasteiger partial charge in [0, 0.05) is 25.6 Å². The van der Waals surface area contributed by atoms with Crippen LogP contribution in [0.4, 0.5) is 0 Å². The third-order valence-electron chi connectivity index (χ3n) is 3.52. The van der Waals surface area contributed by atoms with Crippen LogP contribution in [-0.4, -0.2) is 37.5 Å². The minimum atomic E-state index is 0.0586. The van der Waals surface area contributed by atoms with Crippen LogP contribution in [-0.2, 0) is 11.2 Å². The topological polar surface area (TPSA) is 65.5 Å². The standard InChI is InChI=1S/C18H30N4O/c1-4-15(3)22-17(23)12-14-21-18(19-5-2)20-13-11-16-9-7-6-8-10-16/h6-10,15H,4-5,11-14H2,1-3H3,(H,22,23)(H2,19,20,21). The lowest BCUT2D eigenvalue weighted by atomic mass is 10.1. The van der Waals surface area contributed by atoms with Gasteiger partial charge >= 0.3 is 0 Å². The molecule has 1 atom stereocenters. The molecule has 1 aromatic rings. The molecule has 1 amide bonds. The highest BCUT2D eigenvalue weighted by atomic mass is 16.1. The Balaban J connectivity index is 2.33. The highest BCUT2D eigenvalue weighted by Gasteiger charge is 2.05. The van der Waals surface area contributed by atoms with Crippen molar-refractivity contribution >= 4 is 11.9 Å². The summed E-state index contributed by atoms with van der Waals surface area (Å²) in [4.78, 5) is 16.2. The minimum Gasteiger partial charge on any atom is -0.357 e. The summed E-state index contributed by atoms with van der Waals surface area (Å²) < 4.78 is 0. The predicted octanol–water partition coefficient (Wildman–Crippen LogP) is 2.09. The molecule has 0 aliphatic heterocycles. The zero-order valence-corrected chi connectivity index (χ0v) is 14.6. The van der Waals surface area contributed by atoms with E-state index in [2.05, 4.69) is 40.0 Å². The first kappa shape index (κ1) is 19.0. The first-order valence-corrected chi connectivity index (χ1v) is 8.51. The van der Waals surface area contributed by atoms with Gasteiger partial charge in [0.05, 0.1) is 6.54 Å². The van der Waals surface area contributed by atoms with Crippen molar-refractivity contribution in [3.05, 3.63) is 35.9 Å². The number of aliphatic imine (C=N–C) groups is 1. The number of rotatable bonds is 9. The number of amides is 1. The summed E-state index contributed by atoms with van der Waals surface area (Å²) in [5.41, 5.74) is 1.30. The van der Waals surface area contributed by atoms with Crippen LogP contribution in [0.2, 0.25) is 0 Å². The Morgan fingerprint density at radius 1 is 1.17 bits per heavy atom. The molecule has 0 radical (unpaired) electrons. The molecule has 128 valence electrons. The lowest BCUT2D eigenvalue weighted by Crippen LogP contribution is -2.38. The molecule has 3 N–H and O–H groups in total. The lowest BCUT2D eigenvalue weighted by molar-refractivity contribution is -0.121. The quantitative estimate of drug-likeness (QED) is 0.482. The first-order valence-electron chi connectivity index (χ1n) is 8.51. The molecule has 0 aliphatic carbocycles. The number of carbonyl (C=O) groups excluding carboxylic acids is 1. The molecule has 0 heterocycles. The number of nitrogens with zero attached hydrogens (tertiary/aromatic N) is 1. The van der Waals surface area contributed by atoms with Gasteiger partial charge in [0.1, 0.15) is 0 Å². The summed E-state index contributed by atoms with van der Waals surface area (Å²) in [6.45, 7) is 8.21. The monoisotopic (exact) mass is 318 g/mol. The Morgan fingerprint density at radius 2 is 1.91 bits per heavy atom. The maximum absolute atomic E-state index is 11.7. The molecule has 0 fully saturated rings. The van der Waals surface area contributed by atoms with E-state index >= 15 is 0 Å². The second kappa shape index (κ2) is 11.5. The highest BCUT2D eigenvalue weighted by Crippen LogP contribution is 1.98. The molecular weight excluding hydrogens is 288 g/mol. The van der Waals surface area contributed by atoms with E-state index in [0.29, 0.717) is 13.0 Å². The maximum Gasteiger partial charge on any atom is 0.222 e. The zero-order chi connectivity index (χ0) is 16.9. The van der Waals surface area contributed by atoms with E-state index in [1.165, 1.54) is 5.56 Å². The van der Waals surface area contributed by atoms with Gasteiger partial charge in [0.25, 0.3) is 0 Å². The normalized spacial score (nSPS) is 12.6. The molecule has 5 nitrogen and oxygen atoms in total. The van der Waals surface area contributed by atoms with Gasteiger partial charge in [-0.05, 0) is 32.3 Å². The van der Waals surface area contributed by atoms with Gasteiger partial charge in [-0.2, -0.15) is 0 Å². The third-order valence-corrected chi connectivity index (χ3v) is 3.52. The Hall–Kier alpha value is -2.04. The van der Waals surface area contributed by atoms with Gasteiger partial charge in [-0.15, -0.1) is 0 Å². The van der Waals surface area contributed by atoms with Crippen molar-refractivity contribution < 1.29 is 4.79 Å². The molecule has 0 saturated heterocycles. The Labute approximate surface area is 140 Å². The fraction of sp³-hybridized carbons (Fsp3) is 0.556. The molecule has 5 heteroatoms. The average molecular weight is 318 g/mol. The summed E-state index contributed by atoms with van der Waals surface area (Å²) in [7, 11) is 0. The van der Waals surface area contributed by atoms with E-state index in [1.54, 1.807) is 0 Å². The van der Waals surface area contributed by atoms with Crippen molar-refractivity contribution in [2.75, 3.05) is 19.6 Å². The summed E-state index contributed by atoms with van der Waals surface area (Å²) in [6.07, 6.45) is 2.30. The van der Waals surface area contributed by atoms with Crippen LogP contribution in [0, 0.1) is 0 Å². The third kappa shape index (κ3) is 8.86. The smallest absolute Gasteiger partial charge is 0.222 e. The van der Waals surface area contributed by atoms with Gasteiger partial charge in [-0.1, -0.05) is 37.3 Å². The van der Waals surface area contributed by atoms with Crippen molar-refractivity contribution in [1.82, 2.24) is 16.0 Å². The van der Waals surface area contributed by atoms with Crippen LogP contribution in [0.25, 0.3) is 0 Å². The summed E-state index contributed by atoms with van der Waals surface area (Å²) in [5, 5.41) is 9.45. The van der Waals surface area contributed by atoms with Gasteiger partial charge < -0.3 is 16.0 Å². The van der Waals surface area contributed by atoms with Crippen LogP contribution in [0.3, 0.4) is 0 Å². The van der Waals surface area contributed by atoms with Crippen LogP contribution in [0.15, 0.2) is 35.3 Å². The predicted molar refractivity (Wildman–Crippen MR) is 96.6 cm³/mol. The number of carbonyl (C=O) groups is 1. The van der Waals surface area contributed by atoms with Crippen LogP contribution >= 0.6 is 0 Å². The highest BCUT2D eigenvalue weighted by molar-refractivity contribution is 5.80. The van der Waals surface area contributed by atoms with Crippen molar-refractivity contribution in [3.63, 3.8) is 0 Å². The second-order valence-electron chi connectivity index (χ2n) is 5.55. The molecule has 1 rings (SSSR count). The van der Waals surface area contributed by atoms with Crippen molar-refractivity contribution in [1.29, 1.82) is 0 Å². The van der Waals surface area contributed by atoms with Gasteiger partial charge in [0.15, 0.2) is 5.96 Å². The number of guanidine groups is 1. The van der Waals surface area contributed by atoms with Crippen molar-refractivity contribution in [2.45, 2.75) is 46.1 Å². The number of benzene rings is 1. The van der Waals surface area contributed by atoms with Crippen LogP contribution in [0.1, 0.15) is 39.2 Å². The Kier molecular flexibility index (Phi) is 9.52. The van der Waals surface area contributed by atoms with Gasteiger partial charge in [-0.25, -0.2) is 0 Å². The van der Waals surface area contributed by atoms with Crippen LogP contribution < -0.4 is 16.0 Å². The Bertz CT molecular complexity index is 473. The van der Waals surface area contributed by atoms with E-state index in [4.69, 9.17) is 0 Å². The second-order valence-corrected chi connectivity index (χ2v) is 5.55. The molecule has 0 spiro atoms. The molecule has 1 unspecified atom stereocenters. The SMILES string of the molecule is CCNC(=NCCC(=O)NC(C)CC)NCCc1ccccc1. The zero-order valence-electron chi connectivity index (χ0n) is 14.6.